The first-order valence-corrected chi connectivity index (χ1v) is 10.2. The number of esters is 1. The molecule has 0 saturated carbocycles. The Morgan fingerprint density at radius 1 is 0.889 bits per heavy atom. The number of carbonyl (C=O) groups excluding carboxylic acids is 1. The van der Waals surface area contributed by atoms with Gasteiger partial charge < -0.3 is 9.47 Å². The fourth-order valence-corrected chi connectivity index (χ4v) is 2.81. The molecule has 0 aliphatic heterocycles. The number of hydrogen-bond acceptors (Lipinski definition) is 3. The second kappa shape index (κ2) is 11.4. The van der Waals surface area contributed by atoms with Crippen molar-refractivity contribution in [2.24, 2.45) is 5.92 Å². The van der Waals surface area contributed by atoms with Crippen molar-refractivity contribution in [1.82, 2.24) is 0 Å². The van der Waals surface area contributed by atoms with E-state index in [4.69, 9.17) is 9.47 Å². The minimum absolute atomic E-state index is 0.335. The molecule has 3 nitrogen and oxygen atoms in total. The van der Waals surface area contributed by atoms with Gasteiger partial charge in [0.1, 0.15) is 11.5 Å². The third kappa shape index (κ3) is 7.46. The molecule has 2 aromatic carbocycles. The first-order valence-electron chi connectivity index (χ1n) is 10.2. The van der Waals surface area contributed by atoms with Crippen molar-refractivity contribution < 1.29 is 14.3 Å². The largest absolute Gasteiger partial charge is 0.494 e. The van der Waals surface area contributed by atoms with E-state index in [2.05, 4.69) is 20.8 Å². The Labute approximate surface area is 163 Å². The molecular weight excluding hydrogens is 336 g/mol. The number of rotatable bonds is 11. The van der Waals surface area contributed by atoms with Gasteiger partial charge in [0.2, 0.25) is 0 Å². The normalized spacial score (nSPS) is 11.8. The van der Waals surface area contributed by atoms with E-state index in [1.807, 2.05) is 36.4 Å². The molecule has 0 unspecified atom stereocenters. The standard InChI is InChI=1S/C24H32O3/c1-4-6-7-8-17-26-22-13-15-23(16-14-22)27-24(25)21-11-9-20(10-12-21)18-19(3)5-2/h9-16,19H,4-8,17-18H2,1-3H3/t19-/m0/s1. The van der Waals surface area contributed by atoms with E-state index in [9.17, 15) is 4.79 Å². The molecule has 0 saturated heterocycles. The molecule has 0 N–H and O–H groups in total. The molecule has 0 radical (unpaired) electrons. The Morgan fingerprint density at radius 2 is 1.56 bits per heavy atom. The number of benzene rings is 2. The molecule has 1 atom stereocenters. The van der Waals surface area contributed by atoms with Crippen LogP contribution in [0.25, 0.3) is 0 Å². The summed E-state index contributed by atoms with van der Waals surface area (Å²) in [6.07, 6.45) is 6.92. The van der Waals surface area contributed by atoms with Crippen molar-refractivity contribution in [3.8, 4) is 11.5 Å². The molecule has 0 bridgehead atoms. The first-order chi connectivity index (χ1) is 13.1. The minimum atomic E-state index is -0.335. The van der Waals surface area contributed by atoms with Crippen LogP contribution < -0.4 is 9.47 Å². The fourth-order valence-electron chi connectivity index (χ4n) is 2.81. The summed E-state index contributed by atoms with van der Waals surface area (Å²) in [5, 5.41) is 0. The summed E-state index contributed by atoms with van der Waals surface area (Å²) in [6, 6.07) is 14.9. The Hall–Kier alpha value is -2.29. The van der Waals surface area contributed by atoms with Gasteiger partial charge in [-0.1, -0.05) is 58.6 Å². The summed E-state index contributed by atoms with van der Waals surface area (Å²) in [4.78, 5) is 12.3. The second-order valence-electron chi connectivity index (χ2n) is 7.18. The van der Waals surface area contributed by atoms with Gasteiger partial charge >= 0.3 is 5.97 Å². The highest BCUT2D eigenvalue weighted by Gasteiger charge is 2.09. The number of ether oxygens (including phenoxy) is 2. The third-order valence-electron chi connectivity index (χ3n) is 4.77. The van der Waals surface area contributed by atoms with Crippen molar-refractivity contribution >= 4 is 5.97 Å². The number of carbonyl (C=O) groups is 1. The van der Waals surface area contributed by atoms with Gasteiger partial charge in [0.25, 0.3) is 0 Å². The van der Waals surface area contributed by atoms with Crippen LogP contribution in [-0.2, 0) is 6.42 Å². The van der Waals surface area contributed by atoms with Gasteiger partial charge in [-0.05, 0) is 60.7 Å². The van der Waals surface area contributed by atoms with Gasteiger partial charge in [-0.15, -0.1) is 0 Å². The molecule has 0 amide bonds. The lowest BCUT2D eigenvalue weighted by Crippen LogP contribution is -2.08. The molecule has 0 spiro atoms. The van der Waals surface area contributed by atoms with Crippen LogP contribution in [0.3, 0.4) is 0 Å². The van der Waals surface area contributed by atoms with Crippen LogP contribution >= 0.6 is 0 Å². The van der Waals surface area contributed by atoms with Crippen molar-refractivity contribution in [3.05, 3.63) is 59.7 Å². The molecule has 0 aliphatic carbocycles. The van der Waals surface area contributed by atoms with E-state index in [1.165, 1.54) is 24.8 Å². The van der Waals surface area contributed by atoms with Crippen molar-refractivity contribution in [2.75, 3.05) is 6.61 Å². The maximum atomic E-state index is 12.3. The van der Waals surface area contributed by atoms with Crippen LogP contribution in [-0.4, -0.2) is 12.6 Å². The topological polar surface area (TPSA) is 35.5 Å². The third-order valence-corrected chi connectivity index (χ3v) is 4.77. The quantitative estimate of drug-likeness (QED) is 0.260. The average Bonchev–Trinajstić information content (AvgIpc) is 2.69. The highest BCUT2D eigenvalue weighted by molar-refractivity contribution is 5.91. The van der Waals surface area contributed by atoms with E-state index >= 15 is 0 Å². The van der Waals surface area contributed by atoms with Crippen molar-refractivity contribution in [2.45, 2.75) is 59.3 Å². The zero-order chi connectivity index (χ0) is 19.5. The van der Waals surface area contributed by atoms with Gasteiger partial charge in [0.05, 0.1) is 12.2 Å². The van der Waals surface area contributed by atoms with E-state index < -0.39 is 0 Å². The second-order valence-corrected chi connectivity index (χ2v) is 7.18. The SMILES string of the molecule is CCCCCCOc1ccc(OC(=O)c2ccc(C[C@@H](C)CC)cc2)cc1. The fraction of sp³-hybridized carbons (Fsp3) is 0.458. The Balaban J connectivity index is 1.82. The molecule has 0 heterocycles. The maximum Gasteiger partial charge on any atom is 0.343 e. The van der Waals surface area contributed by atoms with Gasteiger partial charge in [-0.2, -0.15) is 0 Å². The molecule has 0 aromatic heterocycles. The lowest BCUT2D eigenvalue weighted by molar-refractivity contribution is 0.0734. The van der Waals surface area contributed by atoms with Crippen LogP contribution in [0, 0.1) is 5.92 Å². The molecule has 27 heavy (non-hydrogen) atoms. The van der Waals surface area contributed by atoms with Gasteiger partial charge in [0, 0.05) is 0 Å². The summed E-state index contributed by atoms with van der Waals surface area (Å²) in [7, 11) is 0. The van der Waals surface area contributed by atoms with Crippen LogP contribution in [0.15, 0.2) is 48.5 Å². The van der Waals surface area contributed by atoms with Crippen LogP contribution in [0.5, 0.6) is 11.5 Å². The zero-order valence-corrected chi connectivity index (χ0v) is 16.9. The minimum Gasteiger partial charge on any atom is -0.494 e. The molecule has 146 valence electrons. The zero-order valence-electron chi connectivity index (χ0n) is 16.9. The summed E-state index contributed by atoms with van der Waals surface area (Å²) < 4.78 is 11.2. The molecule has 2 rings (SSSR count). The Morgan fingerprint density at radius 3 is 2.19 bits per heavy atom. The Bertz CT molecular complexity index is 674. The maximum absolute atomic E-state index is 12.3. The van der Waals surface area contributed by atoms with Gasteiger partial charge in [0.15, 0.2) is 0 Å². The highest BCUT2D eigenvalue weighted by atomic mass is 16.5. The van der Waals surface area contributed by atoms with Crippen molar-refractivity contribution in [3.63, 3.8) is 0 Å². The lowest BCUT2D eigenvalue weighted by Gasteiger charge is -2.10. The number of hydrogen-bond donors (Lipinski definition) is 0. The summed E-state index contributed by atoms with van der Waals surface area (Å²) in [5.41, 5.74) is 1.82. The van der Waals surface area contributed by atoms with Crippen LogP contribution in [0.2, 0.25) is 0 Å². The summed E-state index contributed by atoms with van der Waals surface area (Å²) in [6.45, 7) is 7.35. The monoisotopic (exact) mass is 368 g/mol. The van der Waals surface area contributed by atoms with E-state index in [0.717, 1.165) is 31.6 Å². The lowest BCUT2D eigenvalue weighted by atomic mass is 9.98. The summed E-state index contributed by atoms with van der Waals surface area (Å²) in [5.74, 6) is 1.65. The number of unbranched alkanes of at least 4 members (excludes halogenated alkanes) is 3. The molecule has 0 fully saturated rings. The predicted octanol–water partition coefficient (Wildman–Crippen LogP) is 6.45. The molecule has 0 aliphatic rings. The highest BCUT2D eigenvalue weighted by Crippen LogP contribution is 2.20. The van der Waals surface area contributed by atoms with E-state index in [-0.39, 0.29) is 5.97 Å². The molecule has 3 heteroatoms. The smallest absolute Gasteiger partial charge is 0.343 e. The van der Waals surface area contributed by atoms with E-state index in [1.54, 1.807) is 12.1 Å². The van der Waals surface area contributed by atoms with Crippen LogP contribution in [0.4, 0.5) is 0 Å². The van der Waals surface area contributed by atoms with Gasteiger partial charge in [-0.3, -0.25) is 0 Å². The molecule has 2 aromatic rings. The Kier molecular flexibility index (Phi) is 8.90. The average molecular weight is 369 g/mol. The predicted molar refractivity (Wildman–Crippen MR) is 111 cm³/mol. The summed E-state index contributed by atoms with van der Waals surface area (Å²) >= 11 is 0. The van der Waals surface area contributed by atoms with Crippen molar-refractivity contribution in [1.29, 1.82) is 0 Å². The van der Waals surface area contributed by atoms with Gasteiger partial charge in [-0.25, -0.2) is 4.79 Å². The first kappa shape index (κ1) is 21.0. The van der Waals surface area contributed by atoms with E-state index in [0.29, 0.717) is 17.2 Å². The molecular formula is C24H32O3. The van der Waals surface area contributed by atoms with Crippen LogP contribution in [0.1, 0.15) is 68.8 Å².